The molecule has 0 aliphatic carbocycles. The van der Waals surface area contributed by atoms with Gasteiger partial charge in [0.2, 0.25) is 5.95 Å². The molecule has 29 heavy (non-hydrogen) atoms. The fourth-order valence-corrected chi connectivity index (χ4v) is 3.53. The quantitative estimate of drug-likeness (QED) is 0.307. The van der Waals surface area contributed by atoms with E-state index < -0.39 is 8.32 Å². The van der Waals surface area contributed by atoms with Gasteiger partial charge >= 0.3 is 0 Å². The van der Waals surface area contributed by atoms with Crippen LogP contribution in [-0.2, 0) is 25.2 Å². The van der Waals surface area contributed by atoms with E-state index in [1.807, 2.05) is 12.3 Å². The first kappa shape index (κ1) is 24.0. The van der Waals surface area contributed by atoms with E-state index in [2.05, 4.69) is 50.3 Å². The first-order valence-electron chi connectivity index (χ1n) is 10.3. The van der Waals surface area contributed by atoms with Gasteiger partial charge in [0.25, 0.3) is 0 Å². The maximum Gasteiger partial charge on any atom is 0.225 e. The highest BCUT2D eigenvalue weighted by atomic mass is 28.4. The molecule has 0 aromatic carbocycles. The molecule has 0 amide bonds. The average Bonchev–Trinajstić information content (AvgIpc) is 2.69. The van der Waals surface area contributed by atoms with Gasteiger partial charge in [0.1, 0.15) is 0 Å². The molecule has 7 nitrogen and oxygen atoms in total. The fourth-order valence-electron chi connectivity index (χ4n) is 2.59. The van der Waals surface area contributed by atoms with E-state index in [-0.39, 0.29) is 11.1 Å². The topological polar surface area (TPSA) is 65.9 Å². The highest BCUT2D eigenvalue weighted by Crippen LogP contribution is 2.37. The number of hydrogen-bond acceptors (Lipinski definition) is 7. The number of aromatic nitrogens is 2. The lowest BCUT2D eigenvalue weighted by molar-refractivity contribution is -0.0351. The third kappa shape index (κ3) is 7.79. The zero-order chi connectivity index (χ0) is 21.3. The van der Waals surface area contributed by atoms with E-state index in [0.29, 0.717) is 46.2 Å². The van der Waals surface area contributed by atoms with Gasteiger partial charge in [0, 0.05) is 19.3 Å². The maximum absolute atomic E-state index is 6.30. The van der Waals surface area contributed by atoms with Gasteiger partial charge < -0.3 is 23.5 Å². The van der Waals surface area contributed by atoms with E-state index in [1.165, 1.54) is 0 Å². The molecule has 1 fully saturated rings. The summed E-state index contributed by atoms with van der Waals surface area (Å²) >= 11 is 0. The monoisotopic (exact) mass is 423 g/mol. The van der Waals surface area contributed by atoms with Crippen molar-refractivity contribution in [1.29, 1.82) is 0 Å². The van der Waals surface area contributed by atoms with Crippen LogP contribution < -0.4 is 4.90 Å². The van der Waals surface area contributed by atoms with Crippen LogP contribution in [0.5, 0.6) is 0 Å². The summed E-state index contributed by atoms with van der Waals surface area (Å²) in [5, 5.41) is 0.178. The second kappa shape index (κ2) is 11.2. The van der Waals surface area contributed by atoms with E-state index in [0.717, 1.165) is 18.2 Å². The lowest BCUT2D eigenvalue weighted by Crippen LogP contribution is -2.45. The molecule has 0 spiro atoms. The summed E-state index contributed by atoms with van der Waals surface area (Å²) in [6.45, 7) is 19.7. The highest BCUT2D eigenvalue weighted by molar-refractivity contribution is 6.74. The molecule has 1 aromatic rings. The van der Waals surface area contributed by atoms with Crippen molar-refractivity contribution < 1.29 is 18.6 Å². The summed E-state index contributed by atoms with van der Waals surface area (Å²) in [7, 11) is -1.81. The molecular formula is C21H37N3O4Si. The van der Waals surface area contributed by atoms with E-state index in [9.17, 15) is 0 Å². The van der Waals surface area contributed by atoms with Crippen LogP contribution in [0.4, 0.5) is 5.95 Å². The van der Waals surface area contributed by atoms with Crippen LogP contribution in [0.3, 0.4) is 0 Å². The minimum Gasteiger partial charge on any atom is -0.411 e. The van der Waals surface area contributed by atoms with Gasteiger partial charge in [0.05, 0.1) is 51.4 Å². The summed E-state index contributed by atoms with van der Waals surface area (Å²) < 4.78 is 23.1. The van der Waals surface area contributed by atoms with Crippen LogP contribution in [0.15, 0.2) is 24.9 Å². The molecule has 2 rings (SSSR count). The molecule has 1 aliphatic rings. The Labute approximate surface area is 176 Å². The maximum atomic E-state index is 6.30. The molecular weight excluding hydrogens is 386 g/mol. The Balaban J connectivity index is 1.85. The van der Waals surface area contributed by atoms with Crippen LogP contribution >= 0.6 is 0 Å². The highest BCUT2D eigenvalue weighted by Gasteiger charge is 2.37. The van der Waals surface area contributed by atoms with Gasteiger partial charge in [0.15, 0.2) is 8.32 Å². The normalized spacial score (nSPS) is 18.1. The SMILES string of the molecule is C=CCOCCOCC1CN(c2nccc(CO[Si](C)(C)C(C)(C)C)n2)CCO1. The van der Waals surface area contributed by atoms with Crippen molar-refractivity contribution in [3.8, 4) is 0 Å². The van der Waals surface area contributed by atoms with Crippen LogP contribution in [0.25, 0.3) is 0 Å². The molecule has 8 heteroatoms. The summed E-state index contributed by atoms with van der Waals surface area (Å²) in [5.41, 5.74) is 0.915. The molecule has 0 N–H and O–H groups in total. The van der Waals surface area contributed by atoms with Gasteiger partial charge in [-0.25, -0.2) is 9.97 Å². The minimum absolute atomic E-state index is 0.00103. The Morgan fingerprint density at radius 3 is 2.79 bits per heavy atom. The molecule has 164 valence electrons. The van der Waals surface area contributed by atoms with Crippen molar-refractivity contribution in [2.24, 2.45) is 0 Å². The Morgan fingerprint density at radius 1 is 1.31 bits per heavy atom. The number of nitrogens with zero attached hydrogens (tertiary/aromatic N) is 3. The first-order chi connectivity index (χ1) is 13.7. The number of anilines is 1. The number of hydrogen-bond donors (Lipinski definition) is 0. The van der Waals surface area contributed by atoms with Crippen molar-refractivity contribution >= 4 is 14.3 Å². The Morgan fingerprint density at radius 2 is 2.07 bits per heavy atom. The average molecular weight is 424 g/mol. The fraction of sp³-hybridized carbons (Fsp3) is 0.714. The van der Waals surface area contributed by atoms with Crippen molar-refractivity contribution in [3.05, 3.63) is 30.6 Å². The predicted octanol–water partition coefficient (Wildman–Crippen LogP) is 3.42. The lowest BCUT2D eigenvalue weighted by atomic mass is 10.2. The Kier molecular flexibility index (Phi) is 9.23. The summed E-state index contributed by atoms with van der Waals surface area (Å²) in [5.74, 6) is 0.726. The standard InChI is InChI=1S/C21H37N3O4Si/c1-7-11-25-13-14-26-17-19-15-24(10-12-27-19)20-22-9-8-18(23-20)16-28-29(5,6)21(2,3)4/h7-9,19H,1,10-17H2,2-6H3. The molecule has 2 heterocycles. The van der Waals surface area contributed by atoms with Crippen molar-refractivity contribution in [2.75, 3.05) is 51.0 Å². The zero-order valence-corrected chi connectivity index (χ0v) is 19.6. The van der Waals surface area contributed by atoms with Gasteiger partial charge in [-0.3, -0.25) is 0 Å². The van der Waals surface area contributed by atoms with Crippen LogP contribution in [0.1, 0.15) is 26.5 Å². The smallest absolute Gasteiger partial charge is 0.225 e. The molecule has 1 unspecified atom stereocenters. The van der Waals surface area contributed by atoms with E-state index in [4.69, 9.17) is 23.6 Å². The molecule has 0 saturated carbocycles. The summed E-state index contributed by atoms with van der Waals surface area (Å²) in [4.78, 5) is 11.4. The Bertz CT molecular complexity index is 637. The van der Waals surface area contributed by atoms with Crippen LogP contribution in [-0.4, -0.2) is 70.5 Å². The molecule has 0 bridgehead atoms. The summed E-state index contributed by atoms with van der Waals surface area (Å²) in [6.07, 6.45) is 3.54. The van der Waals surface area contributed by atoms with Crippen molar-refractivity contribution in [2.45, 2.75) is 51.6 Å². The third-order valence-corrected chi connectivity index (χ3v) is 9.90. The van der Waals surface area contributed by atoms with Gasteiger partial charge in [-0.1, -0.05) is 26.8 Å². The van der Waals surface area contributed by atoms with Crippen LogP contribution in [0, 0.1) is 0 Å². The number of ether oxygens (including phenoxy) is 3. The van der Waals surface area contributed by atoms with E-state index >= 15 is 0 Å². The third-order valence-electron chi connectivity index (χ3n) is 5.42. The van der Waals surface area contributed by atoms with Gasteiger partial charge in [-0.15, -0.1) is 6.58 Å². The van der Waals surface area contributed by atoms with Crippen molar-refractivity contribution in [3.63, 3.8) is 0 Å². The molecule has 1 atom stereocenters. The molecule has 1 saturated heterocycles. The van der Waals surface area contributed by atoms with Crippen molar-refractivity contribution in [1.82, 2.24) is 9.97 Å². The largest absolute Gasteiger partial charge is 0.411 e. The van der Waals surface area contributed by atoms with Crippen LogP contribution in [0.2, 0.25) is 18.1 Å². The summed E-state index contributed by atoms with van der Waals surface area (Å²) in [6, 6.07) is 1.93. The second-order valence-electron chi connectivity index (χ2n) is 8.77. The minimum atomic E-state index is -1.81. The first-order valence-corrected chi connectivity index (χ1v) is 13.2. The molecule has 0 radical (unpaired) electrons. The molecule has 1 aromatic heterocycles. The van der Waals surface area contributed by atoms with E-state index in [1.54, 1.807) is 6.08 Å². The second-order valence-corrected chi connectivity index (χ2v) is 13.6. The number of rotatable bonds is 11. The van der Waals surface area contributed by atoms with Gasteiger partial charge in [-0.05, 0) is 24.2 Å². The molecule has 1 aliphatic heterocycles. The predicted molar refractivity (Wildman–Crippen MR) is 118 cm³/mol. The number of morpholine rings is 1. The lowest BCUT2D eigenvalue weighted by Gasteiger charge is -2.36. The van der Waals surface area contributed by atoms with Gasteiger partial charge in [-0.2, -0.15) is 0 Å². The zero-order valence-electron chi connectivity index (χ0n) is 18.6. The Hall–Kier alpha value is -1.32.